The van der Waals surface area contributed by atoms with Gasteiger partial charge in [0, 0.05) is 33.4 Å². The quantitative estimate of drug-likeness (QED) is 0.810. The van der Waals surface area contributed by atoms with Gasteiger partial charge in [-0.2, -0.15) is 5.26 Å². The van der Waals surface area contributed by atoms with E-state index in [1.54, 1.807) is 14.2 Å². The Hall–Kier alpha value is -1.41. The van der Waals surface area contributed by atoms with Crippen LogP contribution in [-0.2, 0) is 21.4 Å². The smallest absolute Gasteiger partial charge is 0.0769 e. The topological polar surface area (TPSA) is 45.5 Å². The highest BCUT2D eigenvalue weighted by molar-refractivity contribution is 5.37. The van der Waals surface area contributed by atoms with E-state index in [0.717, 1.165) is 25.1 Å². The number of methoxy groups -OCH3 is 2. The van der Waals surface area contributed by atoms with Crippen LogP contribution in [0.5, 0.6) is 0 Å². The largest absolute Gasteiger partial charge is 0.383 e. The van der Waals surface area contributed by atoms with E-state index in [0.29, 0.717) is 12.6 Å². The van der Waals surface area contributed by atoms with Crippen molar-refractivity contribution in [3.05, 3.63) is 35.4 Å². The second-order valence-corrected chi connectivity index (χ2v) is 6.53. The van der Waals surface area contributed by atoms with E-state index in [1.807, 2.05) is 26.0 Å². The van der Waals surface area contributed by atoms with Crippen molar-refractivity contribution in [1.82, 2.24) is 4.90 Å². The molecule has 1 aromatic rings. The first-order valence-electron chi connectivity index (χ1n) is 7.77. The van der Waals surface area contributed by atoms with E-state index in [4.69, 9.17) is 9.47 Å². The third kappa shape index (κ3) is 3.67. The van der Waals surface area contributed by atoms with Crippen LogP contribution in [0.25, 0.3) is 0 Å². The Morgan fingerprint density at radius 3 is 2.68 bits per heavy atom. The minimum absolute atomic E-state index is 0.260. The highest BCUT2D eigenvalue weighted by Gasteiger charge is 2.33. The average Bonchev–Trinajstić information content (AvgIpc) is 2.90. The Morgan fingerprint density at radius 1 is 1.32 bits per heavy atom. The van der Waals surface area contributed by atoms with Crippen LogP contribution in [0.15, 0.2) is 24.3 Å². The summed E-state index contributed by atoms with van der Waals surface area (Å²) in [6.07, 6.45) is 1.25. The first kappa shape index (κ1) is 17.0. The summed E-state index contributed by atoms with van der Waals surface area (Å²) in [5.74, 6) is 0. The molecule has 2 atom stereocenters. The van der Waals surface area contributed by atoms with E-state index in [9.17, 15) is 5.26 Å². The fourth-order valence-corrected chi connectivity index (χ4v) is 3.21. The molecule has 0 amide bonds. The van der Waals surface area contributed by atoms with Crippen LogP contribution in [0.1, 0.15) is 31.4 Å². The van der Waals surface area contributed by atoms with Crippen LogP contribution in [0.2, 0.25) is 0 Å². The molecule has 1 aromatic carbocycles. The lowest BCUT2D eigenvalue weighted by molar-refractivity contribution is 0.106. The lowest BCUT2D eigenvalue weighted by Gasteiger charge is -2.27. The van der Waals surface area contributed by atoms with Crippen LogP contribution in [0.3, 0.4) is 0 Å². The predicted molar refractivity (Wildman–Crippen MR) is 86.6 cm³/mol. The van der Waals surface area contributed by atoms with E-state index in [-0.39, 0.29) is 6.10 Å². The van der Waals surface area contributed by atoms with Gasteiger partial charge in [-0.3, -0.25) is 4.90 Å². The molecule has 1 aliphatic rings. The summed E-state index contributed by atoms with van der Waals surface area (Å²) < 4.78 is 10.9. The highest BCUT2D eigenvalue weighted by atomic mass is 16.5. The van der Waals surface area contributed by atoms with Gasteiger partial charge in [-0.15, -0.1) is 0 Å². The molecule has 4 nitrogen and oxygen atoms in total. The zero-order valence-corrected chi connectivity index (χ0v) is 14.0. The Kier molecular flexibility index (Phi) is 5.57. The third-order valence-electron chi connectivity index (χ3n) is 4.53. The number of benzene rings is 1. The lowest BCUT2D eigenvalue weighted by atomic mass is 9.83. The normalized spacial score (nSPS) is 22.7. The number of likely N-dealkylation sites (tertiary alicyclic amines) is 1. The molecule has 2 rings (SSSR count). The molecule has 1 saturated heterocycles. The van der Waals surface area contributed by atoms with Crippen molar-refractivity contribution >= 4 is 0 Å². The summed E-state index contributed by atoms with van der Waals surface area (Å²) >= 11 is 0. The molecular weight excluding hydrogens is 276 g/mol. The molecule has 0 N–H and O–H groups in total. The second kappa shape index (κ2) is 7.23. The number of rotatable bonds is 6. The van der Waals surface area contributed by atoms with Gasteiger partial charge >= 0.3 is 0 Å². The monoisotopic (exact) mass is 302 g/mol. The van der Waals surface area contributed by atoms with Crippen molar-refractivity contribution in [3.8, 4) is 6.07 Å². The zero-order valence-electron chi connectivity index (χ0n) is 14.0. The first-order chi connectivity index (χ1) is 10.5. The van der Waals surface area contributed by atoms with Gasteiger partial charge < -0.3 is 9.47 Å². The van der Waals surface area contributed by atoms with Crippen molar-refractivity contribution in [3.63, 3.8) is 0 Å². The van der Waals surface area contributed by atoms with Gasteiger partial charge in [0.25, 0.3) is 0 Å². The van der Waals surface area contributed by atoms with Gasteiger partial charge in [0.2, 0.25) is 0 Å². The van der Waals surface area contributed by atoms with Crippen LogP contribution < -0.4 is 0 Å². The van der Waals surface area contributed by atoms with Crippen molar-refractivity contribution in [2.24, 2.45) is 0 Å². The van der Waals surface area contributed by atoms with Gasteiger partial charge in [0.05, 0.1) is 24.2 Å². The molecular formula is C18H26N2O2. The van der Waals surface area contributed by atoms with E-state index >= 15 is 0 Å². The summed E-state index contributed by atoms with van der Waals surface area (Å²) in [4.78, 5) is 2.41. The first-order valence-corrected chi connectivity index (χ1v) is 7.77. The Balaban J connectivity index is 2.21. The van der Waals surface area contributed by atoms with Gasteiger partial charge in [-0.25, -0.2) is 0 Å². The third-order valence-corrected chi connectivity index (χ3v) is 4.53. The molecule has 0 bridgehead atoms. The number of nitriles is 1. The molecule has 1 heterocycles. The van der Waals surface area contributed by atoms with Gasteiger partial charge in [-0.05, 0) is 31.4 Å². The SMILES string of the molecule is COC[C@@H]1C[C@H](OC)CN1Cc1ccccc1C(C)(C)C#N. The maximum atomic E-state index is 9.45. The van der Waals surface area contributed by atoms with Crippen molar-refractivity contribution in [2.75, 3.05) is 27.4 Å². The van der Waals surface area contributed by atoms with E-state index < -0.39 is 5.41 Å². The van der Waals surface area contributed by atoms with E-state index in [1.165, 1.54) is 5.56 Å². The van der Waals surface area contributed by atoms with E-state index in [2.05, 4.69) is 23.1 Å². The molecule has 1 fully saturated rings. The molecule has 120 valence electrons. The second-order valence-electron chi connectivity index (χ2n) is 6.53. The summed E-state index contributed by atoms with van der Waals surface area (Å²) in [6.45, 7) is 6.39. The molecule has 22 heavy (non-hydrogen) atoms. The van der Waals surface area contributed by atoms with Gasteiger partial charge in [-0.1, -0.05) is 24.3 Å². The summed E-state index contributed by atoms with van der Waals surface area (Å²) in [7, 11) is 3.51. The molecule has 0 spiro atoms. The number of hydrogen-bond donors (Lipinski definition) is 0. The van der Waals surface area contributed by atoms with Gasteiger partial charge in [0.15, 0.2) is 0 Å². The molecule has 0 aliphatic carbocycles. The molecule has 0 aromatic heterocycles. The van der Waals surface area contributed by atoms with Crippen LogP contribution in [0.4, 0.5) is 0 Å². The summed E-state index contributed by atoms with van der Waals surface area (Å²) in [6, 6.07) is 11.0. The zero-order chi connectivity index (χ0) is 16.2. The standard InChI is InChI=1S/C18H26N2O2/c1-18(2,13-19)17-8-6-5-7-14(17)10-20-11-16(22-4)9-15(20)12-21-3/h5-8,15-16H,9-12H2,1-4H3/t15-,16-/m0/s1. The maximum Gasteiger partial charge on any atom is 0.0769 e. The maximum absolute atomic E-state index is 9.45. The van der Waals surface area contributed by atoms with Crippen LogP contribution >= 0.6 is 0 Å². The Morgan fingerprint density at radius 2 is 2.05 bits per heavy atom. The minimum Gasteiger partial charge on any atom is -0.383 e. The fraction of sp³-hybridized carbons (Fsp3) is 0.611. The predicted octanol–water partition coefficient (Wildman–Crippen LogP) is 2.72. The lowest BCUT2D eigenvalue weighted by Crippen LogP contribution is -2.33. The molecule has 1 aliphatic heterocycles. The molecule has 0 saturated carbocycles. The summed E-state index contributed by atoms with van der Waals surface area (Å²) in [5.41, 5.74) is 1.84. The van der Waals surface area contributed by atoms with Gasteiger partial charge in [0.1, 0.15) is 0 Å². The molecule has 0 unspecified atom stereocenters. The van der Waals surface area contributed by atoms with Crippen molar-refractivity contribution in [2.45, 2.75) is 44.4 Å². The summed E-state index contributed by atoms with van der Waals surface area (Å²) in [5, 5.41) is 9.45. The fourth-order valence-electron chi connectivity index (χ4n) is 3.21. The molecule has 4 heteroatoms. The number of hydrogen-bond acceptors (Lipinski definition) is 4. The number of ether oxygens (including phenoxy) is 2. The van der Waals surface area contributed by atoms with Crippen LogP contribution in [-0.4, -0.2) is 44.4 Å². The van der Waals surface area contributed by atoms with Crippen LogP contribution in [0, 0.1) is 11.3 Å². The Labute approximate surface area is 133 Å². The highest BCUT2D eigenvalue weighted by Crippen LogP contribution is 2.29. The molecule has 0 radical (unpaired) electrons. The minimum atomic E-state index is -0.478. The van der Waals surface area contributed by atoms with Crippen molar-refractivity contribution < 1.29 is 9.47 Å². The van der Waals surface area contributed by atoms with Crippen molar-refractivity contribution in [1.29, 1.82) is 5.26 Å². The average molecular weight is 302 g/mol. The number of nitrogens with zero attached hydrogens (tertiary/aromatic N) is 2. The Bertz CT molecular complexity index is 536.